The Bertz CT molecular complexity index is 542. The molecule has 1 aromatic heterocycles. The van der Waals surface area contributed by atoms with Gasteiger partial charge in [-0.2, -0.15) is 0 Å². The van der Waals surface area contributed by atoms with Gasteiger partial charge in [0.05, 0.1) is 11.5 Å². The fourth-order valence-corrected chi connectivity index (χ4v) is 4.12. The van der Waals surface area contributed by atoms with Crippen molar-refractivity contribution in [2.24, 2.45) is 5.92 Å². The van der Waals surface area contributed by atoms with Crippen LogP contribution in [0.1, 0.15) is 12.8 Å². The van der Waals surface area contributed by atoms with E-state index in [0.717, 1.165) is 3.57 Å². The largest absolute Gasteiger partial charge is 0.311 e. The number of amides is 1. The first-order valence-corrected chi connectivity index (χ1v) is 8.46. The SMILES string of the molecule is O=C(CC1CCS(=O)(=O)C1)Nc1ccc(I)cn1. The lowest BCUT2D eigenvalue weighted by Gasteiger charge is -2.08. The van der Waals surface area contributed by atoms with E-state index in [-0.39, 0.29) is 29.8 Å². The Kier molecular flexibility index (Phi) is 4.21. The van der Waals surface area contributed by atoms with E-state index in [1.165, 1.54) is 0 Å². The maximum absolute atomic E-state index is 11.7. The molecule has 1 saturated heterocycles. The molecule has 0 spiro atoms. The summed E-state index contributed by atoms with van der Waals surface area (Å²) < 4.78 is 23.5. The highest BCUT2D eigenvalue weighted by molar-refractivity contribution is 14.1. The summed E-state index contributed by atoms with van der Waals surface area (Å²) in [4.78, 5) is 15.8. The Hall–Kier alpha value is -0.700. The number of halogens is 1. The van der Waals surface area contributed by atoms with Crippen molar-refractivity contribution in [2.75, 3.05) is 16.8 Å². The van der Waals surface area contributed by atoms with Gasteiger partial charge >= 0.3 is 0 Å². The number of rotatable bonds is 3. The zero-order valence-corrected chi connectivity index (χ0v) is 12.6. The van der Waals surface area contributed by atoms with Crippen LogP contribution >= 0.6 is 22.6 Å². The van der Waals surface area contributed by atoms with Gasteiger partial charge in [0, 0.05) is 16.2 Å². The van der Waals surface area contributed by atoms with Gasteiger partial charge in [0.2, 0.25) is 5.91 Å². The van der Waals surface area contributed by atoms with E-state index in [1.807, 2.05) is 6.07 Å². The molecule has 1 fully saturated rings. The van der Waals surface area contributed by atoms with Crippen LogP contribution in [-0.4, -0.2) is 30.8 Å². The first kappa shape index (κ1) is 13.7. The van der Waals surface area contributed by atoms with E-state index in [2.05, 4.69) is 32.9 Å². The van der Waals surface area contributed by atoms with Crippen molar-refractivity contribution in [3.8, 4) is 0 Å². The zero-order chi connectivity index (χ0) is 13.2. The number of sulfone groups is 1. The Morgan fingerprint density at radius 3 is 2.83 bits per heavy atom. The topological polar surface area (TPSA) is 76.1 Å². The summed E-state index contributed by atoms with van der Waals surface area (Å²) in [6.07, 6.45) is 2.49. The lowest BCUT2D eigenvalue weighted by molar-refractivity contribution is -0.116. The van der Waals surface area contributed by atoms with Crippen LogP contribution in [0.25, 0.3) is 0 Å². The van der Waals surface area contributed by atoms with Gasteiger partial charge in [0.1, 0.15) is 5.82 Å². The third-order valence-electron chi connectivity index (χ3n) is 2.80. The smallest absolute Gasteiger partial charge is 0.225 e. The average molecular weight is 380 g/mol. The van der Waals surface area contributed by atoms with Gasteiger partial charge in [-0.05, 0) is 47.1 Å². The molecule has 7 heteroatoms. The maximum atomic E-state index is 11.7. The number of carbonyl (C=O) groups is 1. The molecule has 0 radical (unpaired) electrons. The van der Waals surface area contributed by atoms with Gasteiger partial charge in [-0.3, -0.25) is 4.79 Å². The third-order valence-corrected chi connectivity index (χ3v) is 5.27. The molecule has 0 aromatic carbocycles. The first-order chi connectivity index (χ1) is 8.44. The molecule has 1 atom stereocenters. The van der Waals surface area contributed by atoms with E-state index >= 15 is 0 Å². The molecule has 0 bridgehead atoms. The van der Waals surface area contributed by atoms with Gasteiger partial charge in [0.25, 0.3) is 0 Å². The Morgan fingerprint density at radius 1 is 1.50 bits per heavy atom. The van der Waals surface area contributed by atoms with E-state index in [0.29, 0.717) is 12.2 Å². The second-order valence-corrected chi connectivity index (χ2v) is 7.86. The van der Waals surface area contributed by atoms with Crippen LogP contribution in [0.5, 0.6) is 0 Å². The van der Waals surface area contributed by atoms with Gasteiger partial charge in [-0.25, -0.2) is 13.4 Å². The number of carbonyl (C=O) groups excluding carboxylic acids is 1. The quantitative estimate of drug-likeness (QED) is 0.806. The lowest BCUT2D eigenvalue weighted by Crippen LogP contribution is -2.18. The van der Waals surface area contributed by atoms with Crippen LogP contribution in [0.2, 0.25) is 0 Å². The molecule has 1 amide bonds. The Morgan fingerprint density at radius 2 is 2.28 bits per heavy atom. The van der Waals surface area contributed by atoms with Crippen LogP contribution in [0.4, 0.5) is 5.82 Å². The standard InChI is InChI=1S/C11H13IN2O3S/c12-9-1-2-10(13-6-9)14-11(15)5-8-3-4-18(16,17)7-8/h1-2,6,8H,3-5,7H2,(H,13,14,15). The summed E-state index contributed by atoms with van der Waals surface area (Å²) in [5, 5.41) is 2.68. The minimum absolute atomic E-state index is 0.0566. The fourth-order valence-electron chi connectivity index (χ4n) is 1.94. The molecule has 1 N–H and O–H groups in total. The second-order valence-electron chi connectivity index (χ2n) is 4.38. The summed E-state index contributed by atoms with van der Waals surface area (Å²) in [7, 11) is -2.92. The monoisotopic (exact) mass is 380 g/mol. The van der Waals surface area contributed by atoms with E-state index in [1.54, 1.807) is 12.3 Å². The number of aromatic nitrogens is 1. The molecular weight excluding hydrogens is 367 g/mol. The normalized spacial score (nSPS) is 21.7. The van der Waals surface area contributed by atoms with Gasteiger partial charge in [-0.15, -0.1) is 0 Å². The molecule has 18 heavy (non-hydrogen) atoms. The molecule has 0 saturated carbocycles. The molecule has 5 nitrogen and oxygen atoms in total. The Balaban J connectivity index is 1.88. The van der Waals surface area contributed by atoms with Crippen molar-refractivity contribution < 1.29 is 13.2 Å². The molecule has 0 aliphatic carbocycles. The minimum Gasteiger partial charge on any atom is -0.311 e. The fraction of sp³-hybridized carbons (Fsp3) is 0.455. The van der Waals surface area contributed by atoms with Crippen molar-refractivity contribution >= 4 is 44.2 Å². The molecule has 2 heterocycles. The van der Waals surface area contributed by atoms with E-state index in [4.69, 9.17) is 0 Å². The Labute approximate surface area is 119 Å². The molecule has 98 valence electrons. The van der Waals surface area contributed by atoms with Crippen molar-refractivity contribution in [3.63, 3.8) is 0 Å². The number of pyridine rings is 1. The van der Waals surface area contributed by atoms with Crippen molar-refractivity contribution in [1.29, 1.82) is 0 Å². The third kappa shape index (κ3) is 3.91. The molecule has 2 rings (SSSR count). The molecule has 1 unspecified atom stereocenters. The second kappa shape index (κ2) is 5.52. The highest BCUT2D eigenvalue weighted by Gasteiger charge is 2.29. The number of nitrogens with zero attached hydrogens (tertiary/aromatic N) is 1. The number of hydrogen-bond donors (Lipinski definition) is 1. The zero-order valence-electron chi connectivity index (χ0n) is 9.60. The summed E-state index contributed by atoms with van der Waals surface area (Å²) in [5.41, 5.74) is 0. The van der Waals surface area contributed by atoms with Crippen LogP contribution < -0.4 is 5.32 Å². The van der Waals surface area contributed by atoms with Gasteiger partial charge in [0.15, 0.2) is 9.84 Å². The highest BCUT2D eigenvalue weighted by Crippen LogP contribution is 2.22. The van der Waals surface area contributed by atoms with Crippen molar-refractivity contribution in [2.45, 2.75) is 12.8 Å². The van der Waals surface area contributed by atoms with Crippen molar-refractivity contribution in [1.82, 2.24) is 4.98 Å². The van der Waals surface area contributed by atoms with Crippen LogP contribution in [0.15, 0.2) is 18.3 Å². The number of anilines is 1. The van der Waals surface area contributed by atoms with Crippen LogP contribution in [0.3, 0.4) is 0 Å². The van der Waals surface area contributed by atoms with Crippen LogP contribution in [-0.2, 0) is 14.6 Å². The average Bonchev–Trinajstić information content (AvgIpc) is 2.61. The summed E-state index contributed by atoms with van der Waals surface area (Å²) >= 11 is 2.13. The molecule has 1 aliphatic rings. The molecular formula is C11H13IN2O3S. The van der Waals surface area contributed by atoms with E-state index < -0.39 is 9.84 Å². The highest BCUT2D eigenvalue weighted by atomic mass is 127. The molecule has 1 aliphatic heterocycles. The predicted molar refractivity (Wildman–Crippen MR) is 77.0 cm³/mol. The number of nitrogens with one attached hydrogen (secondary N) is 1. The van der Waals surface area contributed by atoms with Gasteiger partial charge < -0.3 is 5.32 Å². The maximum Gasteiger partial charge on any atom is 0.225 e. The summed E-state index contributed by atoms with van der Waals surface area (Å²) in [6, 6.07) is 3.58. The van der Waals surface area contributed by atoms with Crippen molar-refractivity contribution in [3.05, 3.63) is 21.9 Å². The minimum atomic E-state index is -2.92. The van der Waals surface area contributed by atoms with Crippen LogP contribution in [0, 0.1) is 9.49 Å². The predicted octanol–water partition coefficient (Wildman–Crippen LogP) is 1.45. The summed E-state index contributed by atoms with van der Waals surface area (Å²) in [6.45, 7) is 0. The molecule has 1 aromatic rings. The first-order valence-electron chi connectivity index (χ1n) is 5.56. The lowest BCUT2D eigenvalue weighted by atomic mass is 10.1. The van der Waals surface area contributed by atoms with Gasteiger partial charge in [-0.1, -0.05) is 0 Å². The van der Waals surface area contributed by atoms with E-state index in [9.17, 15) is 13.2 Å². The summed E-state index contributed by atoms with van der Waals surface area (Å²) in [5.74, 6) is 0.596. The number of hydrogen-bond acceptors (Lipinski definition) is 4.